The van der Waals surface area contributed by atoms with Gasteiger partial charge in [0.1, 0.15) is 18.5 Å². The van der Waals surface area contributed by atoms with Crippen molar-refractivity contribution in [3.05, 3.63) is 42.5 Å². The van der Waals surface area contributed by atoms with E-state index in [0.717, 1.165) is 5.75 Å². The van der Waals surface area contributed by atoms with Gasteiger partial charge < -0.3 is 14.7 Å². The van der Waals surface area contributed by atoms with Crippen LogP contribution in [-0.2, 0) is 0 Å². The molecule has 0 aromatic heterocycles. The maximum atomic E-state index is 10.3. The molecule has 3 rings (SSSR count). The van der Waals surface area contributed by atoms with E-state index >= 15 is 0 Å². The first-order valence-electron chi connectivity index (χ1n) is 8.72. The summed E-state index contributed by atoms with van der Waals surface area (Å²) < 4.78 is 5.79. The number of hydrogen-bond acceptors (Lipinski definition) is 3. The maximum absolute atomic E-state index is 10.3. The number of aliphatic hydroxyl groups excluding tert-OH is 1. The minimum absolute atomic E-state index is 0.343. The van der Waals surface area contributed by atoms with Crippen molar-refractivity contribution in [1.82, 2.24) is 4.90 Å². The third-order valence-electron chi connectivity index (χ3n) is 4.86. The minimum atomic E-state index is -0.451. The lowest BCUT2D eigenvalue weighted by Crippen LogP contribution is -2.40. The highest BCUT2D eigenvalue weighted by Gasteiger charge is 2.20. The van der Waals surface area contributed by atoms with E-state index in [9.17, 15) is 5.11 Å². The Bertz CT molecular complexity index is 622. The molecule has 0 radical (unpaired) electrons. The monoisotopic (exact) mass is 313 g/mol. The Morgan fingerprint density at radius 1 is 1.09 bits per heavy atom. The third kappa shape index (κ3) is 4.46. The highest BCUT2D eigenvalue weighted by molar-refractivity contribution is 5.83. The molecule has 0 unspecified atom stereocenters. The van der Waals surface area contributed by atoms with Gasteiger partial charge in [0.25, 0.3) is 0 Å². The molecule has 0 heterocycles. The summed E-state index contributed by atoms with van der Waals surface area (Å²) in [5.74, 6) is 0.822. The zero-order valence-electron chi connectivity index (χ0n) is 13.9. The smallest absolute Gasteiger partial charge is 0.120 e. The minimum Gasteiger partial charge on any atom is -0.491 e. The van der Waals surface area contributed by atoms with Crippen LogP contribution >= 0.6 is 0 Å². The van der Waals surface area contributed by atoms with E-state index in [4.69, 9.17) is 4.74 Å². The topological polar surface area (TPSA) is 32.7 Å². The molecule has 3 heteroatoms. The number of likely N-dealkylation sites (N-methyl/N-ethyl adjacent to an activating group) is 1. The molecule has 0 aliphatic heterocycles. The number of fused-ring (bicyclic) bond motifs is 1. The van der Waals surface area contributed by atoms with Gasteiger partial charge in [-0.3, -0.25) is 0 Å². The van der Waals surface area contributed by atoms with Gasteiger partial charge in [-0.05, 0) is 42.8 Å². The van der Waals surface area contributed by atoms with Crippen LogP contribution in [0.5, 0.6) is 5.75 Å². The van der Waals surface area contributed by atoms with Crippen LogP contribution in [0.3, 0.4) is 0 Å². The normalized spacial score (nSPS) is 17.5. The van der Waals surface area contributed by atoms with E-state index in [1.807, 2.05) is 24.3 Å². The molecule has 0 spiro atoms. The molecule has 2 aromatic carbocycles. The summed E-state index contributed by atoms with van der Waals surface area (Å²) in [6, 6.07) is 14.9. The van der Waals surface area contributed by atoms with E-state index in [2.05, 4.69) is 30.1 Å². The van der Waals surface area contributed by atoms with Gasteiger partial charge in [-0.25, -0.2) is 0 Å². The molecule has 0 saturated heterocycles. The van der Waals surface area contributed by atoms with Crippen LogP contribution in [0.4, 0.5) is 0 Å². The molecule has 1 fully saturated rings. The predicted octanol–water partition coefficient (Wildman–Crippen LogP) is 3.84. The summed E-state index contributed by atoms with van der Waals surface area (Å²) in [5, 5.41) is 12.6. The third-order valence-corrected chi connectivity index (χ3v) is 4.86. The lowest BCUT2D eigenvalue weighted by Gasteiger charge is -2.32. The van der Waals surface area contributed by atoms with Gasteiger partial charge in [0, 0.05) is 12.6 Å². The van der Waals surface area contributed by atoms with Crippen molar-refractivity contribution in [2.24, 2.45) is 0 Å². The lowest BCUT2D eigenvalue weighted by atomic mass is 9.94. The Morgan fingerprint density at radius 3 is 2.61 bits per heavy atom. The van der Waals surface area contributed by atoms with Crippen molar-refractivity contribution in [2.75, 3.05) is 20.2 Å². The summed E-state index contributed by atoms with van der Waals surface area (Å²) in [5.41, 5.74) is 0. The molecular weight excluding hydrogens is 286 g/mol. The number of nitrogens with zero attached hydrogens (tertiary/aromatic N) is 1. The molecule has 23 heavy (non-hydrogen) atoms. The van der Waals surface area contributed by atoms with Crippen LogP contribution in [0.25, 0.3) is 10.8 Å². The molecule has 1 N–H and O–H groups in total. The molecule has 1 saturated carbocycles. The summed E-state index contributed by atoms with van der Waals surface area (Å²) in [6.07, 6.45) is 6.06. The van der Waals surface area contributed by atoms with Crippen LogP contribution in [0.2, 0.25) is 0 Å². The molecule has 3 nitrogen and oxygen atoms in total. The van der Waals surface area contributed by atoms with Crippen LogP contribution in [0.1, 0.15) is 32.1 Å². The van der Waals surface area contributed by atoms with Crippen LogP contribution in [-0.4, -0.2) is 42.4 Å². The summed E-state index contributed by atoms with van der Waals surface area (Å²) in [6.45, 7) is 1.02. The van der Waals surface area contributed by atoms with Gasteiger partial charge in [-0.1, -0.05) is 49.6 Å². The van der Waals surface area contributed by atoms with Gasteiger partial charge in [-0.2, -0.15) is 0 Å². The Labute approximate surface area is 138 Å². The van der Waals surface area contributed by atoms with Crippen LogP contribution in [0.15, 0.2) is 42.5 Å². The lowest BCUT2D eigenvalue weighted by molar-refractivity contribution is 0.0562. The fraction of sp³-hybridized carbons (Fsp3) is 0.500. The molecule has 1 atom stereocenters. The average molecular weight is 313 g/mol. The van der Waals surface area contributed by atoms with Crippen molar-refractivity contribution >= 4 is 10.8 Å². The molecule has 0 amide bonds. The van der Waals surface area contributed by atoms with E-state index in [1.165, 1.54) is 42.9 Å². The SMILES string of the molecule is CN(C[C@@H](O)COc1ccc2ccccc2c1)C1CCCCC1. The summed E-state index contributed by atoms with van der Waals surface area (Å²) in [7, 11) is 2.12. The van der Waals surface area contributed by atoms with Crippen molar-refractivity contribution in [3.8, 4) is 5.75 Å². The number of benzene rings is 2. The molecule has 0 bridgehead atoms. The largest absolute Gasteiger partial charge is 0.491 e. The molecular formula is C20H27NO2. The van der Waals surface area contributed by atoms with Crippen molar-refractivity contribution in [1.29, 1.82) is 0 Å². The summed E-state index contributed by atoms with van der Waals surface area (Å²) in [4.78, 5) is 2.30. The molecule has 1 aliphatic rings. The molecule has 124 valence electrons. The summed E-state index contributed by atoms with van der Waals surface area (Å²) >= 11 is 0. The quantitative estimate of drug-likeness (QED) is 0.879. The predicted molar refractivity (Wildman–Crippen MR) is 95.0 cm³/mol. The van der Waals surface area contributed by atoms with Crippen LogP contribution in [0, 0.1) is 0 Å². The van der Waals surface area contributed by atoms with E-state index in [-0.39, 0.29) is 0 Å². The van der Waals surface area contributed by atoms with Gasteiger partial charge in [0.15, 0.2) is 0 Å². The Balaban J connectivity index is 1.50. The van der Waals surface area contributed by atoms with E-state index in [0.29, 0.717) is 19.2 Å². The number of rotatable bonds is 6. The van der Waals surface area contributed by atoms with Gasteiger partial charge in [-0.15, -0.1) is 0 Å². The first-order valence-corrected chi connectivity index (χ1v) is 8.72. The second-order valence-electron chi connectivity index (χ2n) is 6.71. The average Bonchev–Trinajstić information content (AvgIpc) is 2.60. The second kappa shape index (κ2) is 7.80. The van der Waals surface area contributed by atoms with Gasteiger partial charge in [0.2, 0.25) is 0 Å². The zero-order valence-corrected chi connectivity index (χ0v) is 13.9. The number of aliphatic hydroxyl groups is 1. The fourth-order valence-corrected chi connectivity index (χ4v) is 3.51. The Kier molecular flexibility index (Phi) is 5.52. The Hall–Kier alpha value is -1.58. The Morgan fingerprint density at radius 2 is 1.83 bits per heavy atom. The highest BCUT2D eigenvalue weighted by atomic mass is 16.5. The first kappa shape index (κ1) is 16.3. The fourth-order valence-electron chi connectivity index (χ4n) is 3.51. The second-order valence-corrected chi connectivity index (χ2v) is 6.71. The highest BCUT2D eigenvalue weighted by Crippen LogP contribution is 2.22. The van der Waals surface area contributed by atoms with Gasteiger partial charge in [0.05, 0.1) is 0 Å². The maximum Gasteiger partial charge on any atom is 0.120 e. The van der Waals surface area contributed by atoms with Crippen LogP contribution < -0.4 is 4.74 Å². The van der Waals surface area contributed by atoms with E-state index in [1.54, 1.807) is 0 Å². The molecule has 2 aromatic rings. The van der Waals surface area contributed by atoms with Crippen molar-refractivity contribution in [3.63, 3.8) is 0 Å². The number of hydrogen-bond donors (Lipinski definition) is 1. The zero-order chi connectivity index (χ0) is 16.1. The molecule has 1 aliphatic carbocycles. The van der Waals surface area contributed by atoms with Crippen molar-refractivity contribution in [2.45, 2.75) is 44.2 Å². The van der Waals surface area contributed by atoms with E-state index < -0.39 is 6.10 Å². The number of ether oxygens (including phenoxy) is 1. The standard InChI is InChI=1S/C20H27NO2/c1-21(18-9-3-2-4-10-18)14-19(22)15-23-20-12-11-16-7-5-6-8-17(16)13-20/h5-8,11-13,18-19,22H,2-4,9-10,14-15H2,1H3/t19-/m1/s1. The van der Waals surface area contributed by atoms with Crippen molar-refractivity contribution < 1.29 is 9.84 Å². The first-order chi connectivity index (χ1) is 11.2. The van der Waals surface area contributed by atoms with Gasteiger partial charge >= 0.3 is 0 Å².